The molecule has 0 N–H and O–H groups in total. The number of benzene rings is 2. The minimum atomic E-state index is -5.78. The first kappa shape index (κ1) is 27.4. The van der Waals surface area contributed by atoms with E-state index in [1.54, 1.807) is 12.1 Å². The fourth-order valence-corrected chi connectivity index (χ4v) is 5.53. The van der Waals surface area contributed by atoms with Crippen molar-refractivity contribution in [3.05, 3.63) is 58.7 Å². The molecule has 2 aromatic rings. The number of rotatable bonds is 5. The number of methoxy groups -OCH3 is 1. The van der Waals surface area contributed by atoms with E-state index in [0.717, 1.165) is 27.2 Å². The van der Waals surface area contributed by atoms with Crippen LogP contribution in [-0.2, 0) is 33.0 Å². The largest absolute Gasteiger partial charge is 0.454 e. The van der Waals surface area contributed by atoms with Crippen LogP contribution in [0, 0.1) is 5.92 Å². The van der Waals surface area contributed by atoms with Crippen LogP contribution in [-0.4, -0.2) is 56.4 Å². The quantitative estimate of drug-likeness (QED) is 0.438. The number of hydrogen-bond donors (Lipinski definition) is 0. The zero-order valence-electron chi connectivity index (χ0n) is 20.7. The van der Waals surface area contributed by atoms with Crippen molar-refractivity contribution in [1.29, 1.82) is 0 Å². The van der Waals surface area contributed by atoms with Crippen LogP contribution in [0.3, 0.4) is 0 Å². The molecule has 0 saturated carbocycles. The van der Waals surface area contributed by atoms with E-state index in [1.165, 1.54) is 7.11 Å². The molecular formula is C26H25F6NO6. The fraction of sp³-hybridized carbons (Fsp3) is 0.500. The fourth-order valence-electron chi connectivity index (χ4n) is 5.53. The minimum Gasteiger partial charge on any atom is -0.454 e. The number of halogens is 6. The lowest BCUT2D eigenvalue weighted by Crippen LogP contribution is -2.51. The standard InChI is InChI=1S/C26H25F6NO6/c1-35-24(18-3-2-15-12-36-13-16(15)10-18,19-4-5-20-21(11-19)38-14-37-20)17-6-8-33(9-7-17)23(34)39-22(25(27,28)29)26(30,31)32/h2-5,10-11,17,22H,6-9,12-14H2,1H3. The summed E-state index contributed by atoms with van der Waals surface area (Å²) in [6.45, 7) is 0.711. The summed E-state index contributed by atoms with van der Waals surface area (Å²) in [7, 11) is 1.53. The molecule has 1 amide bonds. The molecule has 1 fully saturated rings. The summed E-state index contributed by atoms with van der Waals surface area (Å²) in [5.74, 6) is 0.769. The normalized spacial score (nSPS) is 19.2. The highest BCUT2D eigenvalue weighted by Gasteiger charge is 2.60. The highest BCUT2D eigenvalue weighted by molar-refractivity contribution is 5.68. The van der Waals surface area contributed by atoms with E-state index in [4.69, 9.17) is 18.9 Å². The smallest absolute Gasteiger partial charge is 0.434 e. The van der Waals surface area contributed by atoms with Gasteiger partial charge < -0.3 is 28.6 Å². The maximum atomic E-state index is 12.9. The molecule has 1 unspecified atom stereocenters. The Balaban J connectivity index is 1.43. The molecule has 1 atom stereocenters. The van der Waals surface area contributed by atoms with Crippen LogP contribution < -0.4 is 9.47 Å². The van der Waals surface area contributed by atoms with Gasteiger partial charge in [-0.05, 0) is 59.2 Å². The van der Waals surface area contributed by atoms with Gasteiger partial charge in [0.2, 0.25) is 6.79 Å². The van der Waals surface area contributed by atoms with Gasteiger partial charge in [-0.15, -0.1) is 0 Å². The first-order chi connectivity index (χ1) is 18.4. The lowest BCUT2D eigenvalue weighted by molar-refractivity contribution is -0.308. The van der Waals surface area contributed by atoms with Crippen LogP contribution in [0.25, 0.3) is 0 Å². The Bertz CT molecular complexity index is 1150. The van der Waals surface area contributed by atoms with Crippen molar-refractivity contribution in [2.24, 2.45) is 5.92 Å². The third kappa shape index (κ3) is 5.09. The van der Waals surface area contributed by atoms with Crippen molar-refractivity contribution < 1.29 is 54.8 Å². The van der Waals surface area contributed by atoms with E-state index < -0.39 is 30.2 Å². The van der Waals surface area contributed by atoms with Crippen molar-refractivity contribution in [3.63, 3.8) is 0 Å². The van der Waals surface area contributed by atoms with Crippen LogP contribution in [0.1, 0.15) is 35.1 Å². The number of alkyl halides is 6. The monoisotopic (exact) mass is 561 g/mol. The summed E-state index contributed by atoms with van der Waals surface area (Å²) < 4.78 is 104. The Morgan fingerprint density at radius 2 is 1.51 bits per heavy atom. The van der Waals surface area contributed by atoms with Gasteiger partial charge in [0, 0.05) is 20.2 Å². The van der Waals surface area contributed by atoms with E-state index >= 15 is 0 Å². The topological polar surface area (TPSA) is 66.5 Å². The van der Waals surface area contributed by atoms with Gasteiger partial charge in [-0.25, -0.2) is 4.79 Å². The number of ether oxygens (including phenoxy) is 5. The van der Waals surface area contributed by atoms with Crippen LogP contribution in [0.5, 0.6) is 11.5 Å². The summed E-state index contributed by atoms with van der Waals surface area (Å²) in [6.07, 6.45) is -17.0. The molecule has 212 valence electrons. The minimum absolute atomic E-state index is 0.0618. The summed E-state index contributed by atoms with van der Waals surface area (Å²) in [5.41, 5.74) is 2.47. The van der Waals surface area contributed by atoms with Gasteiger partial charge in [0.05, 0.1) is 13.2 Å². The zero-order chi connectivity index (χ0) is 28.0. The van der Waals surface area contributed by atoms with Crippen molar-refractivity contribution >= 4 is 6.09 Å². The average Bonchev–Trinajstić information content (AvgIpc) is 3.56. The van der Waals surface area contributed by atoms with Gasteiger partial charge in [-0.2, -0.15) is 26.3 Å². The highest BCUT2D eigenvalue weighted by Crippen LogP contribution is 2.48. The second-order valence-electron chi connectivity index (χ2n) is 9.59. The lowest BCUT2D eigenvalue weighted by atomic mass is 9.71. The molecule has 0 spiro atoms. The van der Waals surface area contributed by atoms with Crippen LogP contribution in [0.15, 0.2) is 36.4 Å². The molecule has 3 heterocycles. The number of hydrogen-bond acceptors (Lipinski definition) is 6. The molecule has 3 aliphatic rings. The van der Waals surface area contributed by atoms with Crippen molar-refractivity contribution in [2.45, 2.75) is 50.1 Å². The SMILES string of the molecule is COC(c1ccc2c(c1)COC2)(c1ccc2c(c1)OCO2)C1CCN(C(=O)OC(C(F)(F)F)C(F)(F)F)CC1. The Labute approximate surface area is 219 Å². The van der Waals surface area contributed by atoms with Gasteiger partial charge in [0.15, 0.2) is 11.5 Å². The van der Waals surface area contributed by atoms with E-state index in [1.807, 2.05) is 24.3 Å². The van der Waals surface area contributed by atoms with Gasteiger partial charge in [-0.3, -0.25) is 0 Å². The predicted molar refractivity (Wildman–Crippen MR) is 122 cm³/mol. The first-order valence-electron chi connectivity index (χ1n) is 12.2. The Morgan fingerprint density at radius 3 is 2.18 bits per heavy atom. The van der Waals surface area contributed by atoms with E-state index in [0.29, 0.717) is 24.7 Å². The number of carbonyl (C=O) groups is 1. The highest BCUT2D eigenvalue weighted by atomic mass is 19.4. The molecule has 0 radical (unpaired) electrons. The van der Waals surface area contributed by atoms with Crippen LogP contribution >= 0.6 is 0 Å². The van der Waals surface area contributed by atoms with Crippen molar-refractivity contribution in [2.75, 3.05) is 27.0 Å². The molecule has 39 heavy (non-hydrogen) atoms. The number of likely N-dealkylation sites (tertiary alicyclic amines) is 1. The van der Waals surface area contributed by atoms with E-state index in [9.17, 15) is 31.1 Å². The van der Waals surface area contributed by atoms with Gasteiger partial charge in [0.25, 0.3) is 6.10 Å². The van der Waals surface area contributed by atoms with Crippen LogP contribution in [0.4, 0.5) is 31.1 Å². The molecule has 0 bridgehead atoms. The molecule has 5 rings (SSSR count). The average molecular weight is 561 g/mol. The third-order valence-corrected chi connectivity index (χ3v) is 7.41. The molecule has 2 aromatic carbocycles. The molecule has 3 aliphatic heterocycles. The second-order valence-corrected chi connectivity index (χ2v) is 9.59. The Kier molecular flexibility index (Phi) is 7.08. The Morgan fingerprint density at radius 1 is 0.897 bits per heavy atom. The summed E-state index contributed by atoms with van der Waals surface area (Å²) in [6, 6.07) is 11.2. The molecule has 0 aliphatic carbocycles. The maximum absolute atomic E-state index is 12.9. The number of amides is 1. The van der Waals surface area contributed by atoms with Crippen LogP contribution in [0.2, 0.25) is 0 Å². The zero-order valence-corrected chi connectivity index (χ0v) is 20.7. The molecule has 7 nitrogen and oxygen atoms in total. The maximum Gasteiger partial charge on any atom is 0.434 e. The number of carbonyl (C=O) groups excluding carboxylic acids is 1. The summed E-state index contributed by atoms with van der Waals surface area (Å²) in [5, 5.41) is 0. The second kappa shape index (κ2) is 10.1. The predicted octanol–water partition coefficient (Wildman–Crippen LogP) is 5.68. The van der Waals surface area contributed by atoms with Gasteiger partial charge in [0.1, 0.15) is 5.60 Å². The number of nitrogens with zero attached hydrogens (tertiary/aromatic N) is 1. The number of piperidine rings is 1. The molecule has 13 heteroatoms. The number of fused-ring (bicyclic) bond motifs is 2. The first-order valence-corrected chi connectivity index (χ1v) is 12.2. The summed E-state index contributed by atoms with van der Waals surface area (Å²) in [4.78, 5) is 13.2. The summed E-state index contributed by atoms with van der Waals surface area (Å²) >= 11 is 0. The molecular weight excluding hydrogens is 536 g/mol. The van der Waals surface area contributed by atoms with E-state index in [2.05, 4.69) is 4.74 Å². The Hall–Kier alpha value is -3.19. The third-order valence-electron chi connectivity index (χ3n) is 7.41. The lowest BCUT2D eigenvalue weighted by Gasteiger charge is -2.44. The van der Waals surface area contributed by atoms with Gasteiger partial charge >= 0.3 is 18.4 Å². The molecule has 1 saturated heterocycles. The van der Waals surface area contributed by atoms with Crippen molar-refractivity contribution in [3.8, 4) is 11.5 Å². The van der Waals surface area contributed by atoms with Gasteiger partial charge in [-0.1, -0.05) is 18.2 Å². The van der Waals surface area contributed by atoms with E-state index in [-0.39, 0.29) is 38.6 Å². The van der Waals surface area contributed by atoms with Crippen molar-refractivity contribution in [1.82, 2.24) is 4.90 Å². The molecule has 0 aromatic heterocycles.